The molecule has 1 amide bonds. The lowest BCUT2D eigenvalue weighted by molar-refractivity contribution is 0.0575. The third-order valence-electron chi connectivity index (χ3n) is 8.25. The zero-order valence-corrected chi connectivity index (χ0v) is 27.4. The second kappa shape index (κ2) is 12.7. The maximum Gasteiger partial charge on any atom is 0.414 e. The number of ether oxygens (including phenoxy) is 2. The lowest BCUT2D eigenvalue weighted by Gasteiger charge is -2.36. The highest BCUT2D eigenvalue weighted by Gasteiger charge is 2.44. The van der Waals surface area contributed by atoms with E-state index in [1.165, 1.54) is 4.90 Å². The fourth-order valence-electron chi connectivity index (χ4n) is 5.80. The summed E-state index contributed by atoms with van der Waals surface area (Å²) in [6, 6.07) is 11.3. The number of benzene rings is 2. The highest BCUT2D eigenvalue weighted by molar-refractivity contribution is 6.33. The number of likely N-dealkylation sites (N-methyl/N-ethyl adjacent to an activating group) is 1. The van der Waals surface area contributed by atoms with Gasteiger partial charge in [0.2, 0.25) is 5.95 Å². The zero-order chi connectivity index (χ0) is 32.5. The third kappa shape index (κ3) is 6.64. The molecule has 0 saturated carbocycles. The molecule has 11 nitrogen and oxygen atoms in total. The van der Waals surface area contributed by atoms with Gasteiger partial charge in [-0.2, -0.15) is 5.26 Å². The molecule has 238 valence electrons. The summed E-state index contributed by atoms with van der Waals surface area (Å²) in [4.78, 5) is 28.4. The highest BCUT2D eigenvalue weighted by atomic mass is 35.5. The predicted molar refractivity (Wildman–Crippen MR) is 176 cm³/mol. The first kappa shape index (κ1) is 32.3. The molecule has 1 aromatic heterocycles. The van der Waals surface area contributed by atoms with Crippen LogP contribution < -0.4 is 19.9 Å². The Labute approximate surface area is 269 Å². The van der Waals surface area contributed by atoms with Crippen LogP contribution >= 0.6 is 11.6 Å². The number of rotatable bonds is 7. The van der Waals surface area contributed by atoms with E-state index in [0.29, 0.717) is 44.9 Å². The number of nitrogens with zero attached hydrogens (tertiary/aromatic N) is 6. The molecular weight excluding hydrogens is 594 g/mol. The lowest BCUT2D eigenvalue weighted by atomic mass is 9.83. The van der Waals surface area contributed by atoms with E-state index < -0.39 is 17.1 Å². The van der Waals surface area contributed by atoms with Crippen LogP contribution in [0.25, 0.3) is 11.3 Å². The number of aromatic nitrogens is 2. The van der Waals surface area contributed by atoms with Gasteiger partial charge < -0.3 is 29.7 Å². The first-order valence-electron chi connectivity index (χ1n) is 15.0. The average molecular weight is 634 g/mol. The van der Waals surface area contributed by atoms with Crippen molar-refractivity contribution >= 4 is 40.7 Å². The Kier molecular flexibility index (Phi) is 9.12. The van der Waals surface area contributed by atoms with Crippen molar-refractivity contribution in [2.24, 2.45) is 0 Å². The molecule has 0 bridgehead atoms. The van der Waals surface area contributed by atoms with Crippen molar-refractivity contribution < 1.29 is 19.4 Å². The molecule has 0 spiro atoms. The molecule has 3 heterocycles. The number of carbonyl (C=O) groups excluding carboxylic acids is 1. The first-order chi connectivity index (χ1) is 21.4. The number of piperazine rings is 1. The van der Waals surface area contributed by atoms with Crippen molar-refractivity contribution in [1.82, 2.24) is 14.9 Å². The Morgan fingerprint density at radius 1 is 1.20 bits per heavy atom. The van der Waals surface area contributed by atoms with Crippen molar-refractivity contribution in [3.05, 3.63) is 52.7 Å². The number of carbonyl (C=O) groups is 1. The van der Waals surface area contributed by atoms with E-state index in [-0.39, 0.29) is 18.7 Å². The molecule has 2 N–H and O–H groups in total. The summed E-state index contributed by atoms with van der Waals surface area (Å²) in [6.45, 7) is 14.1. The summed E-state index contributed by atoms with van der Waals surface area (Å²) in [5, 5.41) is 24.4. The van der Waals surface area contributed by atoms with Gasteiger partial charge in [0.25, 0.3) is 0 Å². The van der Waals surface area contributed by atoms with Crippen LogP contribution in [0.3, 0.4) is 0 Å². The van der Waals surface area contributed by atoms with Crippen molar-refractivity contribution in [2.45, 2.75) is 45.6 Å². The summed E-state index contributed by atoms with van der Waals surface area (Å²) in [6.07, 6.45) is 1.05. The van der Waals surface area contributed by atoms with Gasteiger partial charge in [0, 0.05) is 56.0 Å². The second-order valence-electron chi connectivity index (χ2n) is 12.6. The number of fused-ring (bicyclic) bond motifs is 1. The SMILES string of the molecule is CCN1CCN(c2cc(OC)c(Nc3nccc(-c4cc(C#N)c5c(c4)C(C)(CO)CN5C(=O)OC(C)(C)C)n3)cc2Cl)CC1. The number of hydrogen-bond donors (Lipinski definition) is 2. The topological polar surface area (TPSA) is 127 Å². The van der Waals surface area contributed by atoms with Crippen molar-refractivity contribution in [3.63, 3.8) is 0 Å². The first-order valence-corrected chi connectivity index (χ1v) is 15.4. The van der Waals surface area contributed by atoms with Crippen LogP contribution in [-0.2, 0) is 10.2 Å². The van der Waals surface area contributed by atoms with Gasteiger partial charge in [-0.05, 0) is 57.1 Å². The maximum atomic E-state index is 13.1. The minimum atomic E-state index is -0.809. The van der Waals surface area contributed by atoms with Gasteiger partial charge in [0.1, 0.15) is 17.4 Å². The van der Waals surface area contributed by atoms with Gasteiger partial charge in [-0.1, -0.05) is 25.4 Å². The molecule has 2 aliphatic rings. The number of anilines is 4. The normalized spacial score (nSPS) is 18.4. The molecule has 0 aliphatic carbocycles. The van der Waals surface area contributed by atoms with Gasteiger partial charge in [-0.15, -0.1) is 0 Å². The zero-order valence-electron chi connectivity index (χ0n) is 26.6. The summed E-state index contributed by atoms with van der Waals surface area (Å²) in [7, 11) is 1.61. The van der Waals surface area contributed by atoms with E-state index in [2.05, 4.69) is 33.1 Å². The Morgan fingerprint density at radius 2 is 1.93 bits per heavy atom. The molecule has 1 atom stereocenters. The smallest absolute Gasteiger partial charge is 0.414 e. The molecule has 0 radical (unpaired) electrons. The summed E-state index contributed by atoms with van der Waals surface area (Å²) < 4.78 is 11.3. The number of methoxy groups -OCH3 is 1. The molecule has 2 aromatic carbocycles. The van der Waals surface area contributed by atoms with Crippen LogP contribution in [0, 0.1) is 11.3 Å². The van der Waals surface area contributed by atoms with Gasteiger partial charge in [-0.25, -0.2) is 14.8 Å². The minimum Gasteiger partial charge on any atom is -0.494 e. The Hall–Kier alpha value is -4.11. The molecule has 3 aromatic rings. The van der Waals surface area contributed by atoms with E-state index in [0.717, 1.165) is 38.4 Å². The lowest BCUT2D eigenvalue weighted by Crippen LogP contribution is -2.46. The van der Waals surface area contributed by atoms with Crippen molar-refractivity contribution in [1.29, 1.82) is 5.26 Å². The third-order valence-corrected chi connectivity index (χ3v) is 8.55. The summed E-state index contributed by atoms with van der Waals surface area (Å²) in [5.74, 6) is 0.914. The maximum absolute atomic E-state index is 13.1. The standard InChI is InChI=1S/C33H40ClN7O4/c1-7-39-10-12-40(13-11-39)27-17-28(44-6)26(16-24(27)34)38-30-36-9-8-25(37-30)21-14-22(18-35)29-23(15-21)33(5,20-42)19-41(29)31(43)45-32(2,3)4/h8-9,14-17,42H,7,10-13,19-20H2,1-6H3,(H,36,37,38). The molecule has 5 rings (SSSR count). The van der Waals surface area contributed by atoms with E-state index in [1.54, 1.807) is 46.2 Å². The number of nitriles is 1. The largest absolute Gasteiger partial charge is 0.494 e. The van der Waals surface area contributed by atoms with Crippen LogP contribution in [0.15, 0.2) is 36.5 Å². The van der Waals surface area contributed by atoms with E-state index >= 15 is 0 Å². The number of halogens is 1. The molecule has 1 saturated heterocycles. The molecule has 1 unspecified atom stereocenters. The minimum absolute atomic E-state index is 0.174. The average Bonchev–Trinajstić information content (AvgIpc) is 3.33. The Morgan fingerprint density at radius 3 is 2.56 bits per heavy atom. The van der Waals surface area contributed by atoms with Crippen LogP contribution in [0.2, 0.25) is 5.02 Å². The molecular formula is C33H40ClN7O4. The quantitative estimate of drug-likeness (QED) is 0.341. The van der Waals surface area contributed by atoms with Gasteiger partial charge in [-0.3, -0.25) is 4.90 Å². The van der Waals surface area contributed by atoms with Crippen LogP contribution in [-0.4, -0.2) is 84.7 Å². The van der Waals surface area contributed by atoms with Crippen molar-refractivity contribution in [2.75, 3.05) is 68.1 Å². The van der Waals surface area contributed by atoms with Crippen LogP contribution in [0.5, 0.6) is 5.75 Å². The Bertz CT molecular complexity index is 1630. The number of amides is 1. The molecule has 12 heteroatoms. The van der Waals surface area contributed by atoms with E-state index in [4.69, 9.17) is 26.1 Å². The monoisotopic (exact) mass is 633 g/mol. The highest BCUT2D eigenvalue weighted by Crippen LogP contribution is 2.45. The molecule has 45 heavy (non-hydrogen) atoms. The summed E-state index contributed by atoms with van der Waals surface area (Å²) >= 11 is 6.77. The van der Waals surface area contributed by atoms with Crippen molar-refractivity contribution in [3.8, 4) is 23.1 Å². The number of hydrogen-bond acceptors (Lipinski definition) is 10. The Balaban J connectivity index is 1.46. The molecule has 2 aliphatic heterocycles. The van der Waals surface area contributed by atoms with Gasteiger partial charge >= 0.3 is 6.09 Å². The second-order valence-corrected chi connectivity index (χ2v) is 13.0. The van der Waals surface area contributed by atoms with E-state index in [9.17, 15) is 15.2 Å². The number of aliphatic hydroxyl groups excluding tert-OH is 1. The van der Waals surface area contributed by atoms with Crippen LogP contribution in [0.4, 0.5) is 27.8 Å². The van der Waals surface area contributed by atoms with Crippen LogP contribution in [0.1, 0.15) is 45.7 Å². The van der Waals surface area contributed by atoms with Gasteiger partial charge in [0.15, 0.2) is 0 Å². The molecule has 1 fully saturated rings. The number of aliphatic hydroxyl groups is 1. The summed E-state index contributed by atoms with van der Waals surface area (Å²) in [5.41, 5.74) is 2.59. The predicted octanol–water partition coefficient (Wildman–Crippen LogP) is 5.57. The fraction of sp³-hybridized carbons (Fsp3) is 0.455. The number of nitrogens with one attached hydrogen (secondary N) is 1. The fourth-order valence-corrected chi connectivity index (χ4v) is 6.08. The van der Waals surface area contributed by atoms with Gasteiger partial charge in [0.05, 0.1) is 47.1 Å². The van der Waals surface area contributed by atoms with E-state index in [1.807, 2.05) is 25.1 Å².